The van der Waals surface area contributed by atoms with E-state index in [-0.39, 0.29) is 12.5 Å². The Labute approximate surface area is 133 Å². The first kappa shape index (κ1) is 17.0. The van der Waals surface area contributed by atoms with Crippen molar-refractivity contribution in [1.29, 1.82) is 0 Å². The van der Waals surface area contributed by atoms with Crippen LogP contribution in [0.25, 0.3) is 0 Å². The average molecular weight is 304 g/mol. The molecule has 0 radical (unpaired) electrons. The normalized spacial score (nSPS) is 17.3. The van der Waals surface area contributed by atoms with Crippen LogP contribution in [0.3, 0.4) is 0 Å². The summed E-state index contributed by atoms with van der Waals surface area (Å²) in [5.41, 5.74) is 2.84. The van der Waals surface area contributed by atoms with Crippen LogP contribution in [-0.2, 0) is 11.2 Å². The van der Waals surface area contributed by atoms with Crippen LogP contribution in [-0.4, -0.2) is 42.2 Å². The minimum absolute atomic E-state index is 0.112. The first-order chi connectivity index (χ1) is 10.8. The van der Waals surface area contributed by atoms with E-state index in [0.717, 1.165) is 32.4 Å². The molecule has 22 heavy (non-hydrogen) atoms. The van der Waals surface area contributed by atoms with Crippen molar-refractivity contribution >= 4 is 5.91 Å². The maximum Gasteiger partial charge on any atom is 0.221 e. The van der Waals surface area contributed by atoms with Gasteiger partial charge < -0.3 is 10.4 Å². The number of fused-ring (bicyclic) bond motifs is 1. The van der Waals surface area contributed by atoms with E-state index in [0.29, 0.717) is 19.0 Å². The fourth-order valence-corrected chi connectivity index (χ4v) is 3.34. The number of carbonyl (C=O) groups excluding carboxylic acids is 1. The number of nitrogens with one attached hydrogen (secondary N) is 1. The largest absolute Gasteiger partial charge is 0.396 e. The van der Waals surface area contributed by atoms with Gasteiger partial charge in [-0.25, -0.2) is 0 Å². The van der Waals surface area contributed by atoms with Gasteiger partial charge in [-0.2, -0.15) is 0 Å². The second-order valence-electron chi connectivity index (χ2n) is 5.92. The van der Waals surface area contributed by atoms with E-state index in [1.807, 2.05) is 6.92 Å². The van der Waals surface area contributed by atoms with Crippen LogP contribution >= 0.6 is 0 Å². The summed E-state index contributed by atoms with van der Waals surface area (Å²) in [7, 11) is 0. The molecule has 0 spiro atoms. The molecule has 0 saturated heterocycles. The number of nitrogens with zero attached hydrogens (tertiary/aromatic N) is 1. The Morgan fingerprint density at radius 3 is 2.95 bits per heavy atom. The lowest BCUT2D eigenvalue weighted by Crippen LogP contribution is -2.36. The van der Waals surface area contributed by atoms with Crippen LogP contribution < -0.4 is 5.32 Å². The Morgan fingerprint density at radius 2 is 2.18 bits per heavy atom. The Bertz CT molecular complexity index is 476. The van der Waals surface area contributed by atoms with E-state index in [1.165, 1.54) is 17.5 Å². The number of aliphatic hydroxyl groups excluding tert-OH is 1. The van der Waals surface area contributed by atoms with E-state index >= 15 is 0 Å². The van der Waals surface area contributed by atoms with Crippen LogP contribution in [0, 0.1) is 0 Å². The molecular formula is C18H28N2O2. The summed E-state index contributed by atoms with van der Waals surface area (Å²) in [5, 5.41) is 12.0. The number of amides is 1. The highest BCUT2D eigenvalue weighted by atomic mass is 16.3. The smallest absolute Gasteiger partial charge is 0.221 e. The van der Waals surface area contributed by atoms with Gasteiger partial charge in [-0.05, 0) is 43.7 Å². The highest BCUT2D eigenvalue weighted by molar-refractivity contribution is 5.75. The van der Waals surface area contributed by atoms with Gasteiger partial charge in [-0.3, -0.25) is 9.69 Å². The highest BCUT2D eigenvalue weighted by Crippen LogP contribution is 2.34. The van der Waals surface area contributed by atoms with Gasteiger partial charge in [0.05, 0.1) is 0 Å². The van der Waals surface area contributed by atoms with E-state index in [1.54, 1.807) is 0 Å². The molecule has 0 heterocycles. The zero-order valence-corrected chi connectivity index (χ0v) is 13.6. The van der Waals surface area contributed by atoms with Gasteiger partial charge in [0.1, 0.15) is 0 Å². The number of hydrogen-bond donors (Lipinski definition) is 2. The lowest BCUT2D eigenvalue weighted by Gasteiger charge is -2.36. The Morgan fingerprint density at radius 1 is 1.36 bits per heavy atom. The van der Waals surface area contributed by atoms with E-state index < -0.39 is 0 Å². The van der Waals surface area contributed by atoms with Gasteiger partial charge in [0.25, 0.3) is 0 Å². The Kier molecular flexibility index (Phi) is 6.87. The van der Waals surface area contributed by atoms with Gasteiger partial charge >= 0.3 is 0 Å². The van der Waals surface area contributed by atoms with Crippen molar-refractivity contribution in [2.24, 2.45) is 0 Å². The number of hydrogen-bond acceptors (Lipinski definition) is 3. The van der Waals surface area contributed by atoms with Crippen molar-refractivity contribution < 1.29 is 9.90 Å². The van der Waals surface area contributed by atoms with Crippen LogP contribution in [0.5, 0.6) is 0 Å². The molecule has 1 unspecified atom stereocenters. The van der Waals surface area contributed by atoms with Gasteiger partial charge in [0.15, 0.2) is 0 Å². The molecule has 0 aromatic heterocycles. The van der Waals surface area contributed by atoms with Crippen molar-refractivity contribution in [1.82, 2.24) is 10.2 Å². The molecule has 1 amide bonds. The summed E-state index contributed by atoms with van der Waals surface area (Å²) in [6.45, 7) is 4.42. The fourth-order valence-electron chi connectivity index (χ4n) is 3.34. The number of rotatable bonds is 8. The topological polar surface area (TPSA) is 52.6 Å². The van der Waals surface area contributed by atoms with Crippen molar-refractivity contribution in [3.05, 3.63) is 35.4 Å². The second kappa shape index (κ2) is 8.91. The monoisotopic (exact) mass is 304 g/mol. The predicted molar refractivity (Wildman–Crippen MR) is 88.7 cm³/mol. The third kappa shape index (κ3) is 4.55. The van der Waals surface area contributed by atoms with Crippen molar-refractivity contribution in [3.8, 4) is 0 Å². The molecule has 2 N–H and O–H groups in total. The summed E-state index contributed by atoms with van der Waals surface area (Å²) in [5.74, 6) is 0.112. The number of aliphatic hydroxyl groups is 1. The van der Waals surface area contributed by atoms with Crippen LogP contribution in [0.1, 0.15) is 49.8 Å². The lowest BCUT2D eigenvalue weighted by atomic mass is 9.86. The lowest BCUT2D eigenvalue weighted by molar-refractivity contribution is -0.121. The molecule has 0 aliphatic heterocycles. The molecule has 0 bridgehead atoms. The molecular weight excluding hydrogens is 276 g/mol. The minimum atomic E-state index is 0.112. The Hall–Kier alpha value is -1.39. The van der Waals surface area contributed by atoms with Crippen molar-refractivity contribution in [3.63, 3.8) is 0 Å². The third-order valence-electron chi connectivity index (χ3n) is 4.38. The summed E-state index contributed by atoms with van der Waals surface area (Å²) in [4.78, 5) is 14.1. The highest BCUT2D eigenvalue weighted by Gasteiger charge is 2.25. The van der Waals surface area contributed by atoms with Gasteiger partial charge in [-0.1, -0.05) is 24.3 Å². The Balaban J connectivity index is 2.06. The minimum Gasteiger partial charge on any atom is -0.396 e. The summed E-state index contributed by atoms with van der Waals surface area (Å²) in [6.07, 6.45) is 4.76. The van der Waals surface area contributed by atoms with Gasteiger partial charge in [0, 0.05) is 38.7 Å². The van der Waals surface area contributed by atoms with Crippen molar-refractivity contribution in [2.45, 2.75) is 45.1 Å². The molecule has 0 saturated carbocycles. The van der Waals surface area contributed by atoms with E-state index in [2.05, 4.69) is 34.5 Å². The first-order valence-electron chi connectivity index (χ1n) is 8.45. The first-order valence-corrected chi connectivity index (χ1v) is 8.45. The molecule has 1 aliphatic rings. The summed E-state index contributed by atoms with van der Waals surface area (Å²) in [6, 6.07) is 9.03. The van der Waals surface area contributed by atoms with Crippen LogP contribution in [0.15, 0.2) is 24.3 Å². The third-order valence-corrected chi connectivity index (χ3v) is 4.38. The number of benzene rings is 1. The fraction of sp³-hybridized carbons (Fsp3) is 0.611. The van der Waals surface area contributed by atoms with Crippen molar-refractivity contribution in [2.75, 3.05) is 26.2 Å². The standard InChI is InChI=1S/C18H28N2O2/c1-2-19-18(22)11-13-20(12-6-14-21)17-10-5-8-15-7-3-4-9-16(15)17/h3-4,7,9,17,21H,2,5-6,8,10-14H2,1H3,(H,19,22). The zero-order chi connectivity index (χ0) is 15.8. The molecule has 1 aliphatic carbocycles. The van der Waals surface area contributed by atoms with Gasteiger partial charge in [0.2, 0.25) is 5.91 Å². The molecule has 4 heteroatoms. The zero-order valence-electron chi connectivity index (χ0n) is 13.6. The van der Waals surface area contributed by atoms with E-state index in [9.17, 15) is 4.79 Å². The molecule has 1 aromatic rings. The molecule has 2 rings (SSSR count). The molecule has 4 nitrogen and oxygen atoms in total. The summed E-state index contributed by atoms with van der Waals surface area (Å²) >= 11 is 0. The molecule has 1 atom stereocenters. The predicted octanol–water partition coefficient (Wildman–Crippen LogP) is 2.27. The quantitative estimate of drug-likeness (QED) is 0.774. The maximum absolute atomic E-state index is 11.8. The number of carbonyl (C=O) groups is 1. The molecule has 0 fully saturated rings. The second-order valence-corrected chi connectivity index (χ2v) is 5.92. The van der Waals surface area contributed by atoms with Crippen LogP contribution in [0.4, 0.5) is 0 Å². The van der Waals surface area contributed by atoms with Gasteiger partial charge in [-0.15, -0.1) is 0 Å². The SMILES string of the molecule is CCNC(=O)CCN(CCCO)C1CCCc2ccccc21. The van der Waals surface area contributed by atoms with Crippen LogP contribution in [0.2, 0.25) is 0 Å². The van der Waals surface area contributed by atoms with E-state index in [4.69, 9.17) is 5.11 Å². The summed E-state index contributed by atoms with van der Waals surface area (Å²) < 4.78 is 0. The number of aryl methyl sites for hydroxylation is 1. The molecule has 1 aromatic carbocycles. The molecule has 122 valence electrons. The maximum atomic E-state index is 11.8. The average Bonchev–Trinajstić information content (AvgIpc) is 2.55.